The molecule has 1 fully saturated rings. The molecule has 2 aromatic heterocycles. The van der Waals surface area contributed by atoms with Gasteiger partial charge in [-0.2, -0.15) is 0 Å². The number of amides is 1. The largest absolute Gasteiger partial charge is 0.341 e. The van der Waals surface area contributed by atoms with E-state index in [9.17, 15) is 9.59 Å². The van der Waals surface area contributed by atoms with Crippen LogP contribution < -0.4 is 5.56 Å². The minimum absolute atomic E-state index is 0.00702. The second-order valence-electron chi connectivity index (χ2n) is 8.08. The molecule has 0 N–H and O–H groups in total. The van der Waals surface area contributed by atoms with E-state index in [2.05, 4.69) is 28.4 Å². The van der Waals surface area contributed by atoms with Gasteiger partial charge in [-0.1, -0.05) is 20.3 Å². The summed E-state index contributed by atoms with van der Waals surface area (Å²) in [6, 6.07) is 0. The van der Waals surface area contributed by atoms with Gasteiger partial charge in [0.15, 0.2) is 11.2 Å². The number of piperidine rings is 1. The van der Waals surface area contributed by atoms with Gasteiger partial charge in [0, 0.05) is 26.1 Å². The summed E-state index contributed by atoms with van der Waals surface area (Å²) in [4.78, 5) is 36.5. The molecule has 1 amide bonds. The van der Waals surface area contributed by atoms with Crippen LogP contribution in [0.25, 0.3) is 11.2 Å². The van der Waals surface area contributed by atoms with Crippen LogP contribution >= 0.6 is 0 Å². The Morgan fingerprint density at radius 1 is 1.19 bits per heavy atom. The number of aryl methyl sites for hydroxylation is 2. The first-order chi connectivity index (χ1) is 12.5. The number of carbonyl (C=O) groups excluding carboxylic acids is 1. The van der Waals surface area contributed by atoms with Crippen molar-refractivity contribution in [1.29, 1.82) is 0 Å². The lowest BCUT2D eigenvalue weighted by Crippen LogP contribution is -2.44. The maximum atomic E-state index is 12.9. The molecule has 0 radical (unpaired) electrons. The van der Waals surface area contributed by atoms with Gasteiger partial charge in [-0.3, -0.25) is 14.2 Å². The molecule has 0 bridgehead atoms. The SMILES string of the molecule is CC1CC(C)CN(C(=O)Cn2cnc3c(nc4n3CCCCC4)c2=O)C1. The number of aromatic nitrogens is 4. The van der Waals surface area contributed by atoms with E-state index in [0.717, 1.165) is 51.1 Å². The summed E-state index contributed by atoms with van der Waals surface area (Å²) in [6.07, 6.45) is 6.92. The molecule has 140 valence electrons. The molecule has 1 saturated heterocycles. The van der Waals surface area contributed by atoms with Gasteiger partial charge in [0.05, 0.1) is 0 Å². The van der Waals surface area contributed by atoms with E-state index in [4.69, 9.17) is 0 Å². The molecular weight excluding hydrogens is 330 g/mol. The summed E-state index contributed by atoms with van der Waals surface area (Å²) >= 11 is 0. The highest BCUT2D eigenvalue weighted by atomic mass is 16.2. The van der Waals surface area contributed by atoms with Gasteiger partial charge < -0.3 is 9.47 Å². The molecule has 0 spiro atoms. The second kappa shape index (κ2) is 6.85. The summed E-state index contributed by atoms with van der Waals surface area (Å²) in [5.74, 6) is 1.95. The fourth-order valence-electron chi connectivity index (χ4n) is 4.46. The monoisotopic (exact) mass is 357 g/mol. The van der Waals surface area contributed by atoms with Crippen LogP contribution in [0.1, 0.15) is 45.4 Å². The van der Waals surface area contributed by atoms with Crippen LogP contribution in [-0.4, -0.2) is 43.0 Å². The fourth-order valence-corrected chi connectivity index (χ4v) is 4.46. The number of hydrogen-bond donors (Lipinski definition) is 0. The van der Waals surface area contributed by atoms with Crippen molar-refractivity contribution in [2.75, 3.05) is 13.1 Å². The standard InChI is InChI=1S/C19H27N5O2/c1-13-8-14(2)10-22(9-13)16(25)11-23-12-20-18-17(19(23)26)21-15-6-4-3-5-7-24(15)18/h12-14H,3-11H2,1-2H3. The maximum absolute atomic E-state index is 12.9. The zero-order chi connectivity index (χ0) is 18.3. The number of likely N-dealkylation sites (tertiary alicyclic amines) is 1. The molecule has 2 unspecified atom stereocenters. The summed E-state index contributed by atoms with van der Waals surface area (Å²) in [5, 5.41) is 0. The summed E-state index contributed by atoms with van der Waals surface area (Å²) in [6.45, 7) is 6.80. The zero-order valence-corrected chi connectivity index (χ0v) is 15.6. The van der Waals surface area contributed by atoms with Gasteiger partial charge in [-0.15, -0.1) is 0 Å². The van der Waals surface area contributed by atoms with Crippen molar-refractivity contribution in [3.8, 4) is 0 Å². The van der Waals surface area contributed by atoms with Gasteiger partial charge in [0.1, 0.15) is 18.7 Å². The van der Waals surface area contributed by atoms with Crippen LogP contribution in [-0.2, 0) is 24.3 Å². The lowest BCUT2D eigenvalue weighted by molar-refractivity contribution is -0.134. The van der Waals surface area contributed by atoms with Crippen molar-refractivity contribution in [3.63, 3.8) is 0 Å². The zero-order valence-electron chi connectivity index (χ0n) is 15.6. The minimum atomic E-state index is -0.206. The van der Waals surface area contributed by atoms with Crippen molar-refractivity contribution in [2.24, 2.45) is 11.8 Å². The lowest BCUT2D eigenvalue weighted by atomic mass is 9.92. The van der Waals surface area contributed by atoms with Crippen LogP contribution in [0.15, 0.2) is 11.1 Å². The van der Waals surface area contributed by atoms with Crippen molar-refractivity contribution in [3.05, 3.63) is 22.5 Å². The Morgan fingerprint density at radius 3 is 2.73 bits per heavy atom. The Morgan fingerprint density at radius 2 is 1.96 bits per heavy atom. The van der Waals surface area contributed by atoms with Crippen molar-refractivity contribution < 1.29 is 4.79 Å². The van der Waals surface area contributed by atoms with Crippen LogP contribution in [0.5, 0.6) is 0 Å². The Labute approximate surface area is 153 Å². The number of hydrogen-bond acceptors (Lipinski definition) is 4. The number of nitrogens with zero attached hydrogens (tertiary/aromatic N) is 5. The van der Waals surface area contributed by atoms with E-state index < -0.39 is 0 Å². The summed E-state index contributed by atoms with van der Waals surface area (Å²) in [5.41, 5.74) is 0.857. The van der Waals surface area contributed by atoms with E-state index in [0.29, 0.717) is 23.0 Å². The maximum Gasteiger partial charge on any atom is 0.282 e. The third-order valence-corrected chi connectivity index (χ3v) is 5.61. The van der Waals surface area contributed by atoms with E-state index in [1.165, 1.54) is 17.3 Å². The second-order valence-corrected chi connectivity index (χ2v) is 8.08. The molecule has 0 aromatic carbocycles. The average molecular weight is 357 g/mol. The quantitative estimate of drug-likeness (QED) is 0.822. The molecule has 7 heteroatoms. The number of rotatable bonds is 2. The Bertz CT molecular complexity index is 874. The van der Waals surface area contributed by atoms with E-state index in [1.54, 1.807) is 0 Å². The molecule has 7 nitrogen and oxygen atoms in total. The highest BCUT2D eigenvalue weighted by Gasteiger charge is 2.26. The van der Waals surface area contributed by atoms with E-state index >= 15 is 0 Å². The normalized spacial score (nSPS) is 23.7. The molecule has 26 heavy (non-hydrogen) atoms. The smallest absolute Gasteiger partial charge is 0.282 e. The predicted molar refractivity (Wildman–Crippen MR) is 98.9 cm³/mol. The highest BCUT2D eigenvalue weighted by molar-refractivity contribution is 5.77. The Balaban J connectivity index is 1.60. The molecule has 0 aliphatic carbocycles. The Kier molecular flexibility index (Phi) is 4.54. The molecule has 2 atom stereocenters. The first-order valence-electron chi connectivity index (χ1n) is 9.75. The van der Waals surface area contributed by atoms with Crippen LogP contribution in [0, 0.1) is 11.8 Å². The topological polar surface area (TPSA) is 73.0 Å². The average Bonchev–Trinajstić information content (AvgIpc) is 2.79. The first kappa shape index (κ1) is 17.2. The van der Waals surface area contributed by atoms with Crippen LogP contribution in [0.2, 0.25) is 0 Å². The number of carbonyl (C=O) groups is 1. The van der Waals surface area contributed by atoms with Crippen molar-refractivity contribution in [2.45, 2.75) is 59.0 Å². The molecule has 0 saturated carbocycles. The van der Waals surface area contributed by atoms with Crippen LogP contribution in [0.4, 0.5) is 0 Å². The van der Waals surface area contributed by atoms with Crippen molar-refractivity contribution in [1.82, 2.24) is 24.0 Å². The van der Waals surface area contributed by atoms with Crippen LogP contribution in [0.3, 0.4) is 0 Å². The highest BCUT2D eigenvalue weighted by Crippen LogP contribution is 2.21. The molecule has 2 aromatic rings. The van der Waals surface area contributed by atoms with E-state index in [-0.39, 0.29) is 18.0 Å². The molecule has 2 aliphatic rings. The summed E-state index contributed by atoms with van der Waals surface area (Å²) < 4.78 is 3.49. The van der Waals surface area contributed by atoms with Gasteiger partial charge >= 0.3 is 0 Å². The van der Waals surface area contributed by atoms with Gasteiger partial charge in [0.25, 0.3) is 5.56 Å². The van der Waals surface area contributed by atoms with Crippen molar-refractivity contribution >= 4 is 17.1 Å². The molecule has 2 aliphatic heterocycles. The lowest BCUT2D eigenvalue weighted by Gasteiger charge is -2.35. The fraction of sp³-hybridized carbons (Fsp3) is 0.684. The van der Waals surface area contributed by atoms with E-state index in [1.807, 2.05) is 4.90 Å². The first-order valence-corrected chi connectivity index (χ1v) is 9.75. The number of fused-ring (bicyclic) bond motifs is 3. The van der Waals surface area contributed by atoms with Gasteiger partial charge in [-0.25, -0.2) is 9.97 Å². The third kappa shape index (κ3) is 3.15. The third-order valence-electron chi connectivity index (χ3n) is 5.61. The molecule has 4 heterocycles. The van der Waals surface area contributed by atoms with Gasteiger partial charge in [-0.05, 0) is 31.1 Å². The minimum Gasteiger partial charge on any atom is -0.341 e. The molecule has 4 rings (SSSR count). The van der Waals surface area contributed by atoms with Gasteiger partial charge in [0.2, 0.25) is 5.91 Å². The summed E-state index contributed by atoms with van der Waals surface area (Å²) in [7, 11) is 0. The predicted octanol–water partition coefficient (Wildman–Crippen LogP) is 1.82. The molecular formula is C19H27N5O2. The Hall–Kier alpha value is -2.18. The number of imidazole rings is 1.